The number of carbonyl (C=O) groups is 1. The molecule has 5 heteroatoms. The molecule has 0 aliphatic heterocycles. The summed E-state index contributed by atoms with van der Waals surface area (Å²) in [6.45, 7) is 4.04. The van der Waals surface area contributed by atoms with Crippen molar-refractivity contribution in [1.82, 2.24) is 15.3 Å². The first-order chi connectivity index (χ1) is 9.10. The van der Waals surface area contributed by atoms with Crippen molar-refractivity contribution < 1.29 is 9.90 Å². The number of hydrogen-bond donors (Lipinski definition) is 3. The molecule has 1 heterocycles. The Morgan fingerprint density at radius 2 is 2.16 bits per heavy atom. The van der Waals surface area contributed by atoms with Crippen molar-refractivity contribution in [2.75, 3.05) is 6.61 Å². The molecule has 0 aliphatic carbocycles. The molecule has 2 rings (SSSR count). The summed E-state index contributed by atoms with van der Waals surface area (Å²) in [5, 5.41) is 12.1. The van der Waals surface area contributed by atoms with Crippen molar-refractivity contribution in [1.29, 1.82) is 0 Å². The maximum Gasteiger partial charge on any atom is 0.287 e. The standard InChI is InChI=1S/C14H19N3O2/c1-9(2)7-10(8-18)15-14(19)13-16-11-5-3-4-6-12(11)17-13/h3-6,9-10,18H,7-8H2,1-2H3,(H,15,19)(H,16,17). The first kappa shape index (κ1) is 13.5. The number of rotatable bonds is 5. The monoisotopic (exact) mass is 261 g/mol. The van der Waals surface area contributed by atoms with Gasteiger partial charge in [0.15, 0.2) is 5.82 Å². The number of fused-ring (bicyclic) bond motifs is 1. The molecule has 0 spiro atoms. The van der Waals surface area contributed by atoms with Crippen molar-refractivity contribution in [2.24, 2.45) is 5.92 Å². The number of hydrogen-bond acceptors (Lipinski definition) is 3. The Bertz CT molecular complexity index is 530. The molecule has 1 amide bonds. The molecule has 2 aromatic rings. The Hall–Kier alpha value is -1.88. The number of nitrogens with zero attached hydrogens (tertiary/aromatic N) is 1. The minimum absolute atomic E-state index is 0.0653. The van der Waals surface area contributed by atoms with E-state index in [1.54, 1.807) is 0 Å². The largest absolute Gasteiger partial charge is 0.394 e. The van der Waals surface area contributed by atoms with E-state index in [1.165, 1.54) is 0 Å². The number of para-hydroxylation sites is 2. The lowest BCUT2D eigenvalue weighted by Crippen LogP contribution is -2.38. The van der Waals surface area contributed by atoms with Crippen LogP contribution in [0.2, 0.25) is 0 Å². The number of aromatic nitrogens is 2. The minimum atomic E-state index is -0.282. The second-order valence-electron chi connectivity index (χ2n) is 5.09. The molecule has 0 saturated carbocycles. The van der Waals surface area contributed by atoms with Gasteiger partial charge in [0.25, 0.3) is 5.91 Å². The molecule has 0 radical (unpaired) electrons. The Kier molecular flexibility index (Phi) is 4.16. The zero-order valence-corrected chi connectivity index (χ0v) is 11.2. The Balaban J connectivity index is 2.10. The smallest absolute Gasteiger partial charge is 0.287 e. The molecule has 0 aliphatic rings. The van der Waals surface area contributed by atoms with Gasteiger partial charge in [0.1, 0.15) is 0 Å². The molecule has 0 saturated heterocycles. The molecule has 1 atom stereocenters. The van der Waals surface area contributed by atoms with Gasteiger partial charge in [-0.15, -0.1) is 0 Å². The number of aliphatic hydroxyl groups excluding tert-OH is 1. The van der Waals surface area contributed by atoms with E-state index in [0.717, 1.165) is 17.5 Å². The number of H-pyrrole nitrogens is 1. The van der Waals surface area contributed by atoms with E-state index >= 15 is 0 Å². The van der Waals surface area contributed by atoms with Crippen molar-refractivity contribution in [3.63, 3.8) is 0 Å². The third-order valence-electron chi connectivity index (χ3n) is 2.92. The highest BCUT2D eigenvalue weighted by Gasteiger charge is 2.16. The summed E-state index contributed by atoms with van der Waals surface area (Å²) in [5.41, 5.74) is 1.59. The number of carbonyl (C=O) groups excluding carboxylic acids is 1. The molecule has 1 unspecified atom stereocenters. The molecule has 19 heavy (non-hydrogen) atoms. The molecule has 1 aromatic heterocycles. The van der Waals surface area contributed by atoms with Crippen molar-refractivity contribution in [3.05, 3.63) is 30.1 Å². The molecular weight excluding hydrogens is 242 g/mol. The highest BCUT2D eigenvalue weighted by Crippen LogP contribution is 2.11. The quantitative estimate of drug-likeness (QED) is 0.766. The summed E-state index contributed by atoms with van der Waals surface area (Å²) >= 11 is 0. The fourth-order valence-corrected chi connectivity index (χ4v) is 2.06. The predicted octanol–water partition coefficient (Wildman–Crippen LogP) is 1.70. The Morgan fingerprint density at radius 1 is 1.42 bits per heavy atom. The summed E-state index contributed by atoms with van der Waals surface area (Å²) in [6.07, 6.45) is 0.739. The molecule has 102 valence electrons. The van der Waals surface area contributed by atoms with Gasteiger partial charge >= 0.3 is 0 Å². The summed E-state index contributed by atoms with van der Waals surface area (Å²) < 4.78 is 0. The van der Waals surface area contributed by atoms with Crippen molar-refractivity contribution >= 4 is 16.9 Å². The van der Waals surface area contributed by atoms with E-state index < -0.39 is 0 Å². The van der Waals surface area contributed by atoms with Gasteiger partial charge in [-0.1, -0.05) is 26.0 Å². The summed E-state index contributed by atoms with van der Waals surface area (Å²) in [6, 6.07) is 7.25. The second kappa shape index (κ2) is 5.84. The molecule has 3 N–H and O–H groups in total. The van der Waals surface area contributed by atoms with E-state index in [2.05, 4.69) is 29.1 Å². The van der Waals surface area contributed by atoms with E-state index in [4.69, 9.17) is 0 Å². The number of amides is 1. The van der Waals surface area contributed by atoms with Crippen LogP contribution in [0.4, 0.5) is 0 Å². The zero-order valence-electron chi connectivity index (χ0n) is 11.2. The SMILES string of the molecule is CC(C)CC(CO)NC(=O)c1nc2ccccc2[nH]1. The molecular formula is C14H19N3O2. The first-order valence-corrected chi connectivity index (χ1v) is 6.46. The van der Waals surface area contributed by atoms with Crippen LogP contribution in [0.15, 0.2) is 24.3 Å². The fourth-order valence-electron chi connectivity index (χ4n) is 2.06. The Morgan fingerprint density at radius 3 is 2.79 bits per heavy atom. The molecule has 0 bridgehead atoms. The van der Waals surface area contributed by atoms with E-state index in [9.17, 15) is 9.90 Å². The number of aromatic amines is 1. The van der Waals surface area contributed by atoms with Gasteiger partial charge in [-0.3, -0.25) is 4.79 Å². The number of nitrogens with one attached hydrogen (secondary N) is 2. The lowest BCUT2D eigenvalue weighted by molar-refractivity contribution is 0.0899. The zero-order chi connectivity index (χ0) is 13.8. The summed E-state index contributed by atoms with van der Waals surface area (Å²) in [7, 11) is 0. The molecule has 5 nitrogen and oxygen atoms in total. The topological polar surface area (TPSA) is 78.0 Å². The van der Waals surface area contributed by atoms with Crippen LogP contribution in [-0.4, -0.2) is 33.6 Å². The normalized spacial score (nSPS) is 12.8. The molecule has 0 fully saturated rings. The van der Waals surface area contributed by atoms with Crippen molar-refractivity contribution in [2.45, 2.75) is 26.3 Å². The minimum Gasteiger partial charge on any atom is -0.394 e. The van der Waals surface area contributed by atoms with E-state index in [1.807, 2.05) is 24.3 Å². The number of aliphatic hydroxyl groups is 1. The van der Waals surface area contributed by atoms with Crippen LogP contribution in [0.25, 0.3) is 11.0 Å². The maximum atomic E-state index is 12.0. The second-order valence-corrected chi connectivity index (χ2v) is 5.09. The van der Waals surface area contributed by atoms with Gasteiger partial charge in [-0.25, -0.2) is 4.98 Å². The van der Waals surface area contributed by atoms with Gasteiger partial charge in [0, 0.05) is 0 Å². The van der Waals surface area contributed by atoms with Crippen LogP contribution in [0.1, 0.15) is 30.9 Å². The Labute approximate surface area is 112 Å². The molecule has 1 aromatic carbocycles. The first-order valence-electron chi connectivity index (χ1n) is 6.46. The van der Waals surface area contributed by atoms with Gasteiger partial charge in [0.05, 0.1) is 23.7 Å². The highest BCUT2D eigenvalue weighted by atomic mass is 16.3. The average Bonchev–Trinajstić information content (AvgIpc) is 2.81. The third-order valence-corrected chi connectivity index (χ3v) is 2.92. The lowest BCUT2D eigenvalue weighted by Gasteiger charge is -2.17. The van der Waals surface area contributed by atoms with Crippen LogP contribution in [0, 0.1) is 5.92 Å². The van der Waals surface area contributed by atoms with Crippen LogP contribution < -0.4 is 5.32 Å². The predicted molar refractivity (Wildman–Crippen MR) is 73.9 cm³/mol. The number of imidazole rings is 1. The van der Waals surface area contributed by atoms with Gasteiger partial charge < -0.3 is 15.4 Å². The van der Waals surface area contributed by atoms with Crippen LogP contribution >= 0.6 is 0 Å². The summed E-state index contributed by atoms with van der Waals surface area (Å²) in [5.74, 6) is 0.410. The maximum absolute atomic E-state index is 12.0. The van der Waals surface area contributed by atoms with Crippen LogP contribution in [0.5, 0.6) is 0 Å². The summed E-state index contributed by atoms with van der Waals surface area (Å²) in [4.78, 5) is 19.3. The highest BCUT2D eigenvalue weighted by molar-refractivity contribution is 5.94. The lowest BCUT2D eigenvalue weighted by atomic mass is 10.0. The number of benzene rings is 1. The third kappa shape index (κ3) is 3.32. The average molecular weight is 261 g/mol. The van der Waals surface area contributed by atoms with E-state index in [0.29, 0.717) is 5.92 Å². The van der Waals surface area contributed by atoms with Crippen molar-refractivity contribution in [3.8, 4) is 0 Å². The van der Waals surface area contributed by atoms with Crippen LogP contribution in [0.3, 0.4) is 0 Å². The fraction of sp³-hybridized carbons (Fsp3) is 0.429. The van der Waals surface area contributed by atoms with Gasteiger partial charge in [-0.05, 0) is 24.5 Å². The van der Waals surface area contributed by atoms with Gasteiger partial charge in [0.2, 0.25) is 0 Å². The van der Waals surface area contributed by atoms with Gasteiger partial charge in [-0.2, -0.15) is 0 Å². The van der Waals surface area contributed by atoms with E-state index in [-0.39, 0.29) is 24.4 Å². The van der Waals surface area contributed by atoms with Crippen LogP contribution in [-0.2, 0) is 0 Å².